The van der Waals surface area contributed by atoms with Crippen molar-refractivity contribution in [3.8, 4) is 0 Å². The molecule has 0 aliphatic rings. The van der Waals surface area contributed by atoms with Crippen LogP contribution in [0.4, 0.5) is 0 Å². The zero-order valence-electron chi connectivity index (χ0n) is 15.8. The van der Waals surface area contributed by atoms with E-state index in [2.05, 4.69) is 16.4 Å². The maximum atomic E-state index is 12.4. The second-order valence-corrected chi connectivity index (χ2v) is 7.56. The van der Waals surface area contributed by atoms with Gasteiger partial charge in [-0.15, -0.1) is 11.3 Å². The van der Waals surface area contributed by atoms with Crippen LogP contribution in [-0.2, 0) is 16.0 Å². The number of benzene rings is 1. The van der Waals surface area contributed by atoms with Gasteiger partial charge in [0.15, 0.2) is 0 Å². The van der Waals surface area contributed by atoms with E-state index in [9.17, 15) is 9.59 Å². The molecular weight excluding hydrogens is 346 g/mol. The largest absolute Gasteiger partial charge is 0.355 e. The fraction of sp³-hybridized carbons (Fsp3) is 0.550. The van der Waals surface area contributed by atoms with Crippen LogP contribution in [0.25, 0.3) is 10.2 Å². The Kier molecular flexibility index (Phi) is 8.54. The summed E-state index contributed by atoms with van der Waals surface area (Å²) in [4.78, 5) is 30.6. The Bertz CT molecular complexity index is 681. The third kappa shape index (κ3) is 6.41. The van der Waals surface area contributed by atoms with Crippen molar-refractivity contribution in [3.63, 3.8) is 0 Å². The lowest BCUT2D eigenvalue weighted by molar-refractivity contribution is -0.136. The van der Waals surface area contributed by atoms with Crippen LogP contribution in [0.15, 0.2) is 24.3 Å². The highest BCUT2D eigenvalue weighted by molar-refractivity contribution is 7.18. The molecule has 2 amide bonds. The average Bonchev–Trinajstić information content (AvgIpc) is 3.05. The van der Waals surface area contributed by atoms with Crippen LogP contribution < -0.4 is 5.32 Å². The molecular formula is C20H29N3O2S. The fourth-order valence-corrected chi connectivity index (χ4v) is 3.80. The van der Waals surface area contributed by atoms with Crippen LogP contribution in [0, 0.1) is 0 Å². The molecule has 142 valence electrons. The first-order chi connectivity index (χ1) is 12.6. The molecule has 0 aliphatic carbocycles. The molecule has 0 saturated carbocycles. The van der Waals surface area contributed by atoms with Gasteiger partial charge in [0.25, 0.3) is 0 Å². The summed E-state index contributed by atoms with van der Waals surface area (Å²) in [6.45, 7) is 5.51. The number of rotatable bonds is 11. The molecule has 0 aliphatic heterocycles. The van der Waals surface area contributed by atoms with E-state index >= 15 is 0 Å². The number of amides is 2. The van der Waals surface area contributed by atoms with E-state index in [-0.39, 0.29) is 18.4 Å². The van der Waals surface area contributed by atoms with Gasteiger partial charge in [0.2, 0.25) is 11.8 Å². The smallest absolute Gasteiger partial charge is 0.239 e. The Morgan fingerprint density at radius 2 is 1.96 bits per heavy atom. The highest BCUT2D eigenvalue weighted by Gasteiger charge is 2.15. The predicted molar refractivity (Wildman–Crippen MR) is 107 cm³/mol. The van der Waals surface area contributed by atoms with Gasteiger partial charge < -0.3 is 10.2 Å². The number of thiazole rings is 1. The van der Waals surface area contributed by atoms with Gasteiger partial charge in [-0.05, 0) is 44.2 Å². The lowest BCUT2D eigenvalue weighted by Gasteiger charge is -2.21. The first-order valence-corrected chi connectivity index (χ1v) is 10.3. The van der Waals surface area contributed by atoms with Crippen LogP contribution in [0.5, 0.6) is 0 Å². The van der Waals surface area contributed by atoms with Gasteiger partial charge >= 0.3 is 0 Å². The number of aromatic nitrogens is 1. The molecule has 1 aromatic carbocycles. The van der Waals surface area contributed by atoms with E-state index < -0.39 is 0 Å². The number of para-hydroxylation sites is 1. The van der Waals surface area contributed by atoms with Gasteiger partial charge in [0.1, 0.15) is 0 Å². The summed E-state index contributed by atoms with van der Waals surface area (Å²) in [7, 11) is 0. The Morgan fingerprint density at radius 3 is 2.69 bits per heavy atom. The molecule has 1 N–H and O–H groups in total. The summed E-state index contributed by atoms with van der Waals surface area (Å²) in [5.74, 6) is 0.00549. The number of carbonyl (C=O) groups is 2. The van der Waals surface area contributed by atoms with E-state index in [4.69, 9.17) is 0 Å². The maximum Gasteiger partial charge on any atom is 0.239 e. The lowest BCUT2D eigenvalue weighted by atomic mass is 10.2. The molecule has 0 fully saturated rings. The second-order valence-electron chi connectivity index (χ2n) is 6.45. The molecule has 2 aromatic rings. The predicted octanol–water partition coefficient (Wildman–Crippen LogP) is 3.77. The fourth-order valence-electron chi connectivity index (χ4n) is 2.79. The third-order valence-corrected chi connectivity index (χ3v) is 5.22. The second kappa shape index (κ2) is 10.9. The monoisotopic (exact) mass is 375 g/mol. The Morgan fingerprint density at radius 1 is 1.15 bits per heavy atom. The molecule has 0 saturated heterocycles. The SMILES string of the molecule is CCCNC(=O)CN(CCC)C(=O)CCCCc1nc2ccccc2s1. The van der Waals surface area contributed by atoms with Gasteiger partial charge in [-0.3, -0.25) is 9.59 Å². The van der Waals surface area contributed by atoms with Crippen molar-refractivity contribution >= 4 is 33.4 Å². The Hall–Kier alpha value is -1.95. The van der Waals surface area contributed by atoms with E-state index in [1.165, 1.54) is 4.70 Å². The molecule has 1 aromatic heterocycles. The summed E-state index contributed by atoms with van der Waals surface area (Å²) in [5.41, 5.74) is 1.05. The van der Waals surface area contributed by atoms with Crippen molar-refractivity contribution in [1.29, 1.82) is 0 Å². The molecule has 6 heteroatoms. The van der Waals surface area contributed by atoms with Gasteiger partial charge in [-0.2, -0.15) is 0 Å². The number of unbranched alkanes of at least 4 members (excludes halogenated alkanes) is 1. The van der Waals surface area contributed by atoms with Crippen LogP contribution in [-0.4, -0.2) is 41.3 Å². The molecule has 2 rings (SSSR count). The summed E-state index contributed by atoms with van der Waals surface area (Å²) in [6, 6.07) is 8.16. The highest BCUT2D eigenvalue weighted by Crippen LogP contribution is 2.22. The average molecular weight is 376 g/mol. The Labute approximate surface area is 159 Å². The molecule has 1 heterocycles. The highest BCUT2D eigenvalue weighted by atomic mass is 32.1. The molecule has 0 radical (unpaired) electrons. The number of hydrogen-bond donors (Lipinski definition) is 1. The van der Waals surface area contributed by atoms with Gasteiger partial charge in [-0.1, -0.05) is 26.0 Å². The molecule has 0 bridgehead atoms. The quantitative estimate of drug-likeness (QED) is 0.608. The minimum absolute atomic E-state index is 0.0666. The first kappa shape index (κ1) is 20.4. The summed E-state index contributed by atoms with van der Waals surface area (Å²) in [6.07, 6.45) is 4.92. The number of nitrogens with zero attached hydrogens (tertiary/aromatic N) is 2. The number of carbonyl (C=O) groups excluding carboxylic acids is 2. The van der Waals surface area contributed by atoms with Crippen molar-refractivity contribution in [2.75, 3.05) is 19.6 Å². The lowest BCUT2D eigenvalue weighted by Crippen LogP contribution is -2.41. The first-order valence-electron chi connectivity index (χ1n) is 9.53. The van der Waals surface area contributed by atoms with Crippen LogP contribution >= 0.6 is 11.3 Å². The van der Waals surface area contributed by atoms with Crippen molar-refractivity contribution in [3.05, 3.63) is 29.3 Å². The number of nitrogens with one attached hydrogen (secondary N) is 1. The standard InChI is InChI=1S/C20H29N3O2S/c1-3-13-21-18(24)15-23(14-4-2)20(25)12-8-7-11-19-22-16-9-5-6-10-17(16)26-19/h5-6,9-10H,3-4,7-8,11-15H2,1-2H3,(H,21,24). The van der Waals surface area contributed by atoms with E-state index in [1.807, 2.05) is 32.0 Å². The number of hydrogen-bond acceptors (Lipinski definition) is 4. The minimum Gasteiger partial charge on any atom is -0.355 e. The normalized spacial score (nSPS) is 10.8. The summed E-state index contributed by atoms with van der Waals surface area (Å²) >= 11 is 1.73. The van der Waals surface area contributed by atoms with Crippen LogP contribution in [0.1, 0.15) is 51.0 Å². The zero-order chi connectivity index (χ0) is 18.8. The van der Waals surface area contributed by atoms with Crippen molar-refractivity contribution in [2.24, 2.45) is 0 Å². The van der Waals surface area contributed by atoms with Crippen LogP contribution in [0.3, 0.4) is 0 Å². The summed E-state index contributed by atoms with van der Waals surface area (Å²) in [5, 5.41) is 3.97. The van der Waals surface area contributed by atoms with Crippen LogP contribution in [0.2, 0.25) is 0 Å². The van der Waals surface area contributed by atoms with E-state index in [0.717, 1.165) is 42.6 Å². The van der Waals surface area contributed by atoms with Gasteiger partial charge in [0, 0.05) is 19.5 Å². The minimum atomic E-state index is -0.0666. The number of fused-ring (bicyclic) bond motifs is 1. The molecule has 0 spiro atoms. The molecule has 0 unspecified atom stereocenters. The summed E-state index contributed by atoms with van der Waals surface area (Å²) < 4.78 is 1.21. The van der Waals surface area contributed by atoms with Crippen molar-refractivity contribution < 1.29 is 9.59 Å². The van der Waals surface area contributed by atoms with Crippen molar-refractivity contribution in [2.45, 2.75) is 52.4 Å². The third-order valence-electron chi connectivity index (χ3n) is 4.12. The molecule has 5 nitrogen and oxygen atoms in total. The van der Waals surface area contributed by atoms with E-state index in [0.29, 0.717) is 19.5 Å². The number of aryl methyl sites for hydroxylation is 1. The van der Waals surface area contributed by atoms with E-state index in [1.54, 1.807) is 16.2 Å². The molecule has 26 heavy (non-hydrogen) atoms. The maximum absolute atomic E-state index is 12.4. The van der Waals surface area contributed by atoms with Crippen molar-refractivity contribution in [1.82, 2.24) is 15.2 Å². The van der Waals surface area contributed by atoms with Gasteiger partial charge in [-0.25, -0.2) is 4.98 Å². The zero-order valence-corrected chi connectivity index (χ0v) is 16.6. The Balaban J connectivity index is 1.75. The topological polar surface area (TPSA) is 62.3 Å². The van der Waals surface area contributed by atoms with Gasteiger partial charge in [0.05, 0.1) is 21.8 Å². The molecule has 0 atom stereocenters.